The van der Waals surface area contributed by atoms with Crippen LogP contribution >= 0.6 is 15.9 Å². The third-order valence-corrected chi connectivity index (χ3v) is 5.40. The smallest absolute Gasteiger partial charge is 0.0545 e. The Kier molecular flexibility index (Phi) is 3.61. The summed E-state index contributed by atoms with van der Waals surface area (Å²) in [6, 6.07) is 6.71. The van der Waals surface area contributed by atoms with Gasteiger partial charge in [-0.15, -0.1) is 0 Å². The van der Waals surface area contributed by atoms with Crippen LogP contribution in [-0.4, -0.2) is 25.2 Å². The summed E-state index contributed by atoms with van der Waals surface area (Å²) in [7, 11) is 2.10. The van der Waals surface area contributed by atoms with Crippen molar-refractivity contribution in [3.63, 3.8) is 0 Å². The summed E-state index contributed by atoms with van der Waals surface area (Å²) < 4.78 is 1.27. The Balaban J connectivity index is 1.96. The molecule has 2 atom stereocenters. The van der Waals surface area contributed by atoms with E-state index in [4.69, 9.17) is 0 Å². The molecular weight excluding hydrogens is 300 g/mol. The molecule has 19 heavy (non-hydrogen) atoms. The van der Waals surface area contributed by atoms with Crippen LogP contribution in [0.3, 0.4) is 0 Å². The van der Waals surface area contributed by atoms with E-state index in [1.807, 2.05) is 0 Å². The van der Waals surface area contributed by atoms with E-state index in [9.17, 15) is 0 Å². The van der Waals surface area contributed by atoms with Crippen molar-refractivity contribution in [1.82, 2.24) is 5.32 Å². The lowest BCUT2D eigenvalue weighted by Crippen LogP contribution is -2.48. The van der Waals surface area contributed by atoms with Crippen LogP contribution in [0.15, 0.2) is 16.6 Å². The predicted octanol–water partition coefficient (Wildman–Crippen LogP) is 3.79. The zero-order valence-electron chi connectivity index (χ0n) is 12.0. The summed E-state index contributed by atoms with van der Waals surface area (Å²) in [5.74, 6) is 0. The van der Waals surface area contributed by atoms with Gasteiger partial charge in [0.05, 0.1) is 5.69 Å². The molecule has 0 amide bonds. The number of benzene rings is 1. The molecule has 0 radical (unpaired) electrons. The van der Waals surface area contributed by atoms with Gasteiger partial charge in [-0.05, 0) is 79.7 Å². The maximum absolute atomic E-state index is 3.79. The number of rotatable bonds is 2. The van der Waals surface area contributed by atoms with Gasteiger partial charge < -0.3 is 10.2 Å². The van der Waals surface area contributed by atoms with Gasteiger partial charge in [0.15, 0.2) is 0 Å². The second-order valence-corrected chi connectivity index (χ2v) is 7.02. The third kappa shape index (κ3) is 2.31. The van der Waals surface area contributed by atoms with Crippen molar-refractivity contribution in [2.75, 3.05) is 11.9 Å². The minimum absolute atomic E-state index is 0.707. The van der Waals surface area contributed by atoms with Crippen molar-refractivity contribution in [1.29, 1.82) is 0 Å². The highest BCUT2D eigenvalue weighted by atomic mass is 79.9. The Morgan fingerprint density at radius 2 is 1.79 bits per heavy atom. The van der Waals surface area contributed by atoms with E-state index >= 15 is 0 Å². The molecule has 2 bridgehead atoms. The molecule has 0 aromatic heterocycles. The Morgan fingerprint density at radius 1 is 1.16 bits per heavy atom. The molecular formula is C16H23BrN2. The van der Waals surface area contributed by atoms with Crippen molar-refractivity contribution in [2.24, 2.45) is 0 Å². The number of piperidine rings is 1. The molecule has 1 N–H and O–H groups in total. The molecule has 1 aromatic carbocycles. The SMILES string of the molecule is CNC1CC2CCC(C1)N2c1c(C)cc(C)cc1Br. The van der Waals surface area contributed by atoms with E-state index in [2.05, 4.69) is 59.2 Å². The van der Waals surface area contributed by atoms with Gasteiger partial charge in [-0.2, -0.15) is 0 Å². The minimum Gasteiger partial charge on any atom is -0.364 e. The molecule has 2 fully saturated rings. The van der Waals surface area contributed by atoms with Crippen LogP contribution in [0, 0.1) is 13.8 Å². The van der Waals surface area contributed by atoms with Crippen LogP contribution in [-0.2, 0) is 0 Å². The summed E-state index contributed by atoms with van der Waals surface area (Å²) >= 11 is 3.79. The molecule has 2 aliphatic heterocycles. The maximum atomic E-state index is 3.79. The maximum Gasteiger partial charge on any atom is 0.0545 e. The number of fused-ring (bicyclic) bond motifs is 2. The number of hydrogen-bond donors (Lipinski definition) is 1. The van der Waals surface area contributed by atoms with Gasteiger partial charge in [0.1, 0.15) is 0 Å². The molecule has 0 saturated carbocycles. The largest absolute Gasteiger partial charge is 0.364 e. The standard InChI is InChI=1S/C16H23BrN2/c1-10-6-11(2)16(15(17)7-10)19-13-4-5-14(19)9-12(8-13)18-3/h6-7,12-14,18H,4-5,8-9H2,1-3H3. The van der Waals surface area contributed by atoms with E-state index in [-0.39, 0.29) is 0 Å². The highest BCUT2D eigenvalue weighted by Crippen LogP contribution is 2.43. The van der Waals surface area contributed by atoms with Crippen LogP contribution in [0.1, 0.15) is 36.8 Å². The summed E-state index contributed by atoms with van der Waals surface area (Å²) in [5, 5.41) is 3.48. The summed E-state index contributed by atoms with van der Waals surface area (Å²) in [5.41, 5.74) is 4.19. The normalized spacial score (nSPS) is 29.9. The fourth-order valence-corrected chi connectivity index (χ4v) is 4.89. The Morgan fingerprint density at radius 3 is 2.32 bits per heavy atom. The van der Waals surface area contributed by atoms with E-state index in [1.165, 1.54) is 47.0 Å². The Hall–Kier alpha value is -0.540. The molecule has 3 rings (SSSR count). The van der Waals surface area contributed by atoms with Gasteiger partial charge >= 0.3 is 0 Å². The fourth-order valence-electron chi connectivity index (χ4n) is 4.01. The molecule has 1 aromatic rings. The molecule has 2 saturated heterocycles. The zero-order valence-corrected chi connectivity index (χ0v) is 13.6. The molecule has 3 heteroatoms. The predicted molar refractivity (Wildman–Crippen MR) is 85.0 cm³/mol. The van der Waals surface area contributed by atoms with Gasteiger partial charge in [-0.25, -0.2) is 0 Å². The van der Waals surface area contributed by atoms with Crippen molar-refractivity contribution >= 4 is 21.6 Å². The first-order chi connectivity index (χ1) is 9.10. The quantitative estimate of drug-likeness (QED) is 0.891. The van der Waals surface area contributed by atoms with E-state index in [1.54, 1.807) is 0 Å². The second kappa shape index (κ2) is 5.10. The van der Waals surface area contributed by atoms with E-state index < -0.39 is 0 Å². The van der Waals surface area contributed by atoms with Gasteiger partial charge in [0, 0.05) is 22.6 Å². The van der Waals surface area contributed by atoms with Gasteiger partial charge in [0.25, 0.3) is 0 Å². The summed E-state index contributed by atoms with van der Waals surface area (Å²) in [6.07, 6.45) is 5.27. The van der Waals surface area contributed by atoms with Crippen LogP contribution in [0.25, 0.3) is 0 Å². The van der Waals surface area contributed by atoms with Crippen LogP contribution < -0.4 is 10.2 Å². The lowest BCUT2D eigenvalue weighted by molar-refractivity contribution is 0.373. The fraction of sp³-hybridized carbons (Fsp3) is 0.625. The first-order valence-corrected chi connectivity index (χ1v) is 8.11. The monoisotopic (exact) mass is 322 g/mol. The lowest BCUT2D eigenvalue weighted by atomic mass is 9.95. The number of nitrogens with one attached hydrogen (secondary N) is 1. The lowest BCUT2D eigenvalue weighted by Gasteiger charge is -2.41. The average molecular weight is 323 g/mol. The number of aryl methyl sites for hydroxylation is 2. The number of anilines is 1. The zero-order chi connectivity index (χ0) is 13.6. The second-order valence-electron chi connectivity index (χ2n) is 6.16. The first-order valence-electron chi connectivity index (χ1n) is 7.32. The topological polar surface area (TPSA) is 15.3 Å². The number of halogens is 1. The third-order valence-electron chi connectivity index (χ3n) is 4.80. The van der Waals surface area contributed by atoms with Crippen LogP contribution in [0.4, 0.5) is 5.69 Å². The van der Waals surface area contributed by atoms with Crippen molar-refractivity contribution in [3.8, 4) is 0 Å². The van der Waals surface area contributed by atoms with Gasteiger partial charge in [-0.1, -0.05) is 6.07 Å². The summed E-state index contributed by atoms with van der Waals surface area (Å²) in [6.45, 7) is 4.42. The molecule has 0 spiro atoms. The molecule has 2 aliphatic rings. The van der Waals surface area contributed by atoms with E-state index in [0.717, 1.165) is 0 Å². The van der Waals surface area contributed by atoms with Crippen molar-refractivity contribution in [2.45, 2.75) is 57.7 Å². The van der Waals surface area contributed by atoms with Gasteiger partial charge in [0.2, 0.25) is 0 Å². The van der Waals surface area contributed by atoms with Crippen molar-refractivity contribution < 1.29 is 0 Å². The molecule has 2 nitrogen and oxygen atoms in total. The van der Waals surface area contributed by atoms with Crippen molar-refractivity contribution in [3.05, 3.63) is 27.7 Å². The first kappa shape index (κ1) is 13.4. The summed E-state index contributed by atoms with van der Waals surface area (Å²) in [4.78, 5) is 2.70. The van der Waals surface area contributed by atoms with Crippen LogP contribution in [0.2, 0.25) is 0 Å². The van der Waals surface area contributed by atoms with Gasteiger partial charge in [-0.3, -0.25) is 0 Å². The Bertz CT molecular complexity index is 449. The minimum atomic E-state index is 0.707. The highest BCUT2D eigenvalue weighted by Gasteiger charge is 2.41. The Labute approximate surface area is 124 Å². The molecule has 2 heterocycles. The van der Waals surface area contributed by atoms with E-state index in [0.29, 0.717) is 18.1 Å². The van der Waals surface area contributed by atoms with Crippen LogP contribution in [0.5, 0.6) is 0 Å². The average Bonchev–Trinajstić information content (AvgIpc) is 2.60. The molecule has 2 unspecified atom stereocenters. The highest BCUT2D eigenvalue weighted by molar-refractivity contribution is 9.10. The molecule has 0 aliphatic carbocycles. The number of hydrogen-bond acceptors (Lipinski definition) is 2. The molecule has 104 valence electrons. The number of nitrogens with zero attached hydrogens (tertiary/aromatic N) is 1.